The SMILES string of the molecule is C#CC(=O)[O][Ti+]([O]C(=O)C#C)[O]C(=O)C#C.C[O-]. The molecule has 0 bridgehead atoms. The van der Waals surface area contributed by atoms with E-state index in [2.05, 4.69) is 29.2 Å². The summed E-state index contributed by atoms with van der Waals surface area (Å²) in [4.78, 5) is 32.0. The molecule has 0 radical (unpaired) electrons. The number of carbonyl (C=O) groups excluding carboxylic acids is 3. The Hall–Kier alpha value is -2.24. The van der Waals surface area contributed by atoms with Crippen molar-refractivity contribution in [1.29, 1.82) is 0 Å². The largest absolute Gasteiger partial charge is 0.857 e. The summed E-state index contributed by atoms with van der Waals surface area (Å²) in [6.07, 6.45) is 14.1. The molecule has 0 N–H and O–H groups in total. The molecule has 0 aliphatic rings. The van der Waals surface area contributed by atoms with Crippen molar-refractivity contribution < 1.29 is 48.5 Å². The predicted molar refractivity (Wildman–Crippen MR) is 50.7 cm³/mol. The van der Waals surface area contributed by atoms with Crippen molar-refractivity contribution in [1.82, 2.24) is 0 Å². The summed E-state index contributed by atoms with van der Waals surface area (Å²) in [5.41, 5.74) is 0. The first-order valence-electron chi connectivity index (χ1n) is 3.86. The number of carbonyl (C=O) groups is 3. The molecule has 0 rings (SSSR count). The van der Waals surface area contributed by atoms with Crippen LogP contribution in [0.5, 0.6) is 0 Å². The van der Waals surface area contributed by atoms with E-state index in [9.17, 15) is 14.4 Å². The van der Waals surface area contributed by atoms with Gasteiger partial charge in [-0.3, -0.25) is 0 Å². The van der Waals surface area contributed by atoms with E-state index < -0.39 is 36.9 Å². The van der Waals surface area contributed by atoms with E-state index in [4.69, 9.17) is 5.11 Å². The number of hydrogen-bond donors (Lipinski definition) is 0. The second-order valence-electron chi connectivity index (χ2n) is 1.85. The van der Waals surface area contributed by atoms with Gasteiger partial charge in [-0.2, -0.15) is 7.11 Å². The molecule has 0 fully saturated rings. The van der Waals surface area contributed by atoms with Gasteiger partial charge in [0.25, 0.3) is 0 Å². The molecule has 0 aliphatic heterocycles. The molecule has 0 unspecified atom stereocenters. The van der Waals surface area contributed by atoms with Crippen molar-refractivity contribution in [3.8, 4) is 37.0 Å². The Balaban J connectivity index is 0. The Morgan fingerprint density at radius 3 is 1.22 bits per heavy atom. The molecule has 0 saturated carbocycles. The Morgan fingerprint density at radius 1 is 0.833 bits per heavy atom. The van der Waals surface area contributed by atoms with Crippen LogP contribution in [0.4, 0.5) is 0 Å². The van der Waals surface area contributed by atoms with Gasteiger partial charge in [0.1, 0.15) is 0 Å². The maximum absolute atomic E-state index is 10.7. The second-order valence-corrected chi connectivity index (χ2v) is 3.59. The van der Waals surface area contributed by atoms with Crippen molar-refractivity contribution in [2.24, 2.45) is 0 Å². The molecular formula is C10H6O7Ti. The van der Waals surface area contributed by atoms with E-state index in [-0.39, 0.29) is 0 Å². The minimum atomic E-state index is -3.72. The van der Waals surface area contributed by atoms with Crippen molar-refractivity contribution in [2.75, 3.05) is 7.11 Å². The van der Waals surface area contributed by atoms with Crippen LogP contribution in [0.2, 0.25) is 0 Å². The van der Waals surface area contributed by atoms with Crippen LogP contribution in [0.3, 0.4) is 0 Å². The van der Waals surface area contributed by atoms with E-state index in [1.165, 1.54) is 0 Å². The van der Waals surface area contributed by atoms with Gasteiger partial charge in [-0.05, 0) is 0 Å². The molecule has 0 spiro atoms. The smallest absolute Gasteiger partial charge is 0.153 e. The van der Waals surface area contributed by atoms with E-state index in [0.717, 1.165) is 7.11 Å². The van der Waals surface area contributed by atoms with Gasteiger partial charge in [0.2, 0.25) is 0 Å². The monoisotopic (exact) mass is 286 g/mol. The van der Waals surface area contributed by atoms with Crippen LogP contribution >= 0.6 is 0 Å². The van der Waals surface area contributed by atoms with Crippen LogP contribution in [0.1, 0.15) is 0 Å². The summed E-state index contributed by atoms with van der Waals surface area (Å²) >= 11 is -3.72. The fourth-order valence-electron chi connectivity index (χ4n) is 0.378. The molecular weight excluding hydrogens is 280 g/mol. The average Bonchev–Trinajstić information content (AvgIpc) is 2.40. The van der Waals surface area contributed by atoms with Crippen LogP contribution in [0.25, 0.3) is 0 Å². The molecule has 0 atom stereocenters. The van der Waals surface area contributed by atoms with Gasteiger partial charge in [-0.15, -0.1) is 0 Å². The first kappa shape index (κ1) is 18.1. The maximum Gasteiger partial charge on any atom is -0.153 e. The molecule has 0 amide bonds. The molecule has 7 nitrogen and oxygen atoms in total. The van der Waals surface area contributed by atoms with Crippen LogP contribution in [0.15, 0.2) is 0 Å². The third kappa shape index (κ3) is 9.02. The van der Waals surface area contributed by atoms with Gasteiger partial charge < -0.3 is 5.11 Å². The Bertz CT molecular complexity index is 368. The van der Waals surface area contributed by atoms with Gasteiger partial charge in [0.05, 0.1) is 0 Å². The minimum absolute atomic E-state index is 0.750. The molecule has 0 heterocycles. The van der Waals surface area contributed by atoms with Crippen LogP contribution in [-0.4, -0.2) is 25.0 Å². The summed E-state index contributed by atoms with van der Waals surface area (Å²) in [7, 11) is 0.750. The Labute approximate surface area is 111 Å². The van der Waals surface area contributed by atoms with E-state index in [1.54, 1.807) is 17.8 Å². The van der Waals surface area contributed by atoms with Gasteiger partial charge in [-0.25, -0.2) is 0 Å². The Morgan fingerprint density at radius 2 is 1.06 bits per heavy atom. The fraction of sp³-hybridized carbons (Fsp3) is 0.100. The van der Waals surface area contributed by atoms with Gasteiger partial charge in [-0.1, -0.05) is 0 Å². The summed E-state index contributed by atoms with van der Waals surface area (Å²) < 4.78 is 13.1. The third-order valence-corrected chi connectivity index (χ3v) is 2.53. The van der Waals surface area contributed by atoms with Crippen LogP contribution in [0, 0.1) is 37.0 Å². The van der Waals surface area contributed by atoms with Crippen molar-refractivity contribution in [3.63, 3.8) is 0 Å². The molecule has 0 aromatic rings. The van der Waals surface area contributed by atoms with Gasteiger partial charge in [0.15, 0.2) is 0 Å². The van der Waals surface area contributed by atoms with E-state index >= 15 is 0 Å². The maximum atomic E-state index is 10.7. The van der Waals surface area contributed by atoms with Gasteiger partial charge >= 0.3 is 98.3 Å². The zero-order chi connectivity index (χ0) is 14.6. The first-order valence-corrected chi connectivity index (χ1v) is 5.77. The molecule has 0 aliphatic carbocycles. The predicted octanol–water partition coefficient (Wildman–Crippen LogP) is -2.14. The standard InChI is InChI=1S/3C3H2O2.CH3O.Ti/c3*1-2-3(4)5;1-2;/h3*1H,(H,4,5);1H3;/q;;;-1;+4/p-3. The molecule has 0 aromatic heterocycles. The average molecular weight is 286 g/mol. The zero-order valence-electron chi connectivity index (χ0n) is 9.09. The minimum Gasteiger partial charge on any atom is -0.857 e. The first-order chi connectivity index (χ1) is 8.53. The second kappa shape index (κ2) is 11.3. The summed E-state index contributed by atoms with van der Waals surface area (Å²) in [6, 6.07) is 0. The molecule has 8 heteroatoms. The van der Waals surface area contributed by atoms with Crippen molar-refractivity contribution >= 4 is 17.9 Å². The van der Waals surface area contributed by atoms with Crippen molar-refractivity contribution in [3.05, 3.63) is 0 Å². The number of rotatable bonds is 3. The van der Waals surface area contributed by atoms with Gasteiger partial charge in [0, 0.05) is 0 Å². The van der Waals surface area contributed by atoms with Crippen molar-refractivity contribution in [2.45, 2.75) is 0 Å². The Kier molecular flexibility index (Phi) is 11.3. The summed E-state index contributed by atoms with van der Waals surface area (Å²) in [5.74, 6) is 1.27. The number of terminal acetylenes is 3. The van der Waals surface area contributed by atoms with E-state index in [1.807, 2.05) is 0 Å². The van der Waals surface area contributed by atoms with Crippen LogP contribution in [-0.2, 0) is 43.4 Å². The van der Waals surface area contributed by atoms with Crippen LogP contribution < -0.4 is 5.11 Å². The summed E-state index contributed by atoms with van der Waals surface area (Å²) in [5, 5.41) is 8.25. The topological polar surface area (TPSA) is 102 Å². The number of hydrogen-bond acceptors (Lipinski definition) is 7. The molecule has 92 valence electrons. The fourth-order valence-corrected chi connectivity index (χ4v) is 1.56. The zero-order valence-corrected chi connectivity index (χ0v) is 10.7. The molecule has 0 saturated heterocycles. The quantitative estimate of drug-likeness (QED) is 0.430. The molecule has 0 aromatic carbocycles. The third-order valence-electron chi connectivity index (χ3n) is 0.882. The summed E-state index contributed by atoms with van der Waals surface area (Å²) in [6.45, 7) is 0. The van der Waals surface area contributed by atoms with E-state index in [0.29, 0.717) is 0 Å². The molecule has 18 heavy (non-hydrogen) atoms. The normalized spacial score (nSPS) is 6.83.